The number of carbonyl (C=O) groups is 1. The van der Waals surface area contributed by atoms with Crippen molar-refractivity contribution in [2.24, 2.45) is 0 Å². The third-order valence-electron chi connectivity index (χ3n) is 5.67. The molecule has 0 spiro atoms. The van der Waals surface area contributed by atoms with E-state index in [2.05, 4.69) is 24.7 Å². The minimum atomic E-state index is -0.614. The van der Waals surface area contributed by atoms with Gasteiger partial charge in [-0.3, -0.25) is 14.3 Å². The van der Waals surface area contributed by atoms with Gasteiger partial charge in [0.25, 0.3) is 5.56 Å². The Morgan fingerprint density at radius 1 is 1.23 bits per heavy atom. The van der Waals surface area contributed by atoms with Gasteiger partial charge in [0.2, 0.25) is 0 Å². The average molecular weight is 420 g/mol. The SMILES string of the molecule is C=CCN(C(=O)OCc1ccccc1)c1cnc2n(c1=O)C(C)CC2(CC=C)CC=C. The largest absolute Gasteiger partial charge is 0.444 e. The fraction of sp³-hybridized carbons (Fsp3) is 0.320. The van der Waals surface area contributed by atoms with Crippen LogP contribution in [0.25, 0.3) is 0 Å². The lowest BCUT2D eigenvalue weighted by Gasteiger charge is -2.26. The van der Waals surface area contributed by atoms with Crippen LogP contribution in [0.3, 0.4) is 0 Å². The van der Waals surface area contributed by atoms with Gasteiger partial charge in [-0.25, -0.2) is 9.78 Å². The van der Waals surface area contributed by atoms with E-state index >= 15 is 0 Å². The highest BCUT2D eigenvalue weighted by Gasteiger charge is 2.43. The Morgan fingerprint density at radius 2 is 1.90 bits per heavy atom. The van der Waals surface area contributed by atoms with Crippen LogP contribution < -0.4 is 10.5 Å². The lowest BCUT2D eigenvalue weighted by molar-refractivity contribution is 0.147. The van der Waals surface area contributed by atoms with E-state index in [-0.39, 0.29) is 35.9 Å². The molecule has 162 valence electrons. The zero-order chi connectivity index (χ0) is 22.4. The van der Waals surface area contributed by atoms with E-state index in [9.17, 15) is 9.59 Å². The van der Waals surface area contributed by atoms with Crippen LogP contribution in [0, 0.1) is 0 Å². The van der Waals surface area contributed by atoms with E-state index in [4.69, 9.17) is 4.74 Å². The van der Waals surface area contributed by atoms with Crippen molar-refractivity contribution in [2.75, 3.05) is 11.4 Å². The standard InChI is InChI=1S/C25H29N3O3/c1-5-13-25(14-6-2)16-19(4)28-22(29)21(17-26-23(25)28)27(15-7-3)24(30)31-18-20-11-9-8-10-12-20/h5-12,17,19H,1-3,13-16,18H2,4H3. The van der Waals surface area contributed by atoms with Gasteiger partial charge in [0.05, 0.1) is 6.20 Å². The molecule has 1 aromatic carbocycles. The molecule has 2 aromatic rings. The number of aromatic nitrogens is 2. The van der Waals surface area contributed by atoms with Crippen molar-refractivity contribution in [2.45, 2.75) is 44.2 Å². The summed E-state index contributed by atoms with van der Waals surface area (Å²) in [6, 6.07) is 9.34. The van der Waals surface area contributed by atoms with Gasteiger partial charge in [-0.2, -0.15) is 0 Å². The summed E-state index contributed by atoms with van der Waals surface area (Å²) in [6.45, 7) is 13.7. The summed E-state index contributed by atoms with van der Waals surface area (Å²) in [5.41, 5.74) is 0.482. The number of anilines is 1. The first-order chi connectivity index (χ1) is 15.0. The second-order valence-corrected chi connectivity index (χ2v) is 7.90. The molecule has 1 aliphatic rings. The van der Waals surface area contributed by atoms with Crippen LogP contribution in [0.5, 0.6) is 0 Å². The third kappa shape index (κ3) is 4.38. The van der Waals surface area contributed by atoms with Gasteiger partial charge < -0.3 is 4.74 Å². The Hall–Kier alpha value is -3.41. The second-order valence-electron chi connectivity index (χ2n) is 7.90. The minimum Gasteiger partial charge on any atom is -0.444 e. The first-order valence-corrected chi connectivity index (χ1v) is 10.4. The maximum atomic E-state index is 13.5. The summed E-state index contributed by atoms with van der Waals surface area (Å²) in [5.74, 6) is 0.713. The summed E-state index contributed by atoms with van der Waals surface area (Å²) in [6.07, 6.45) is 8.29. The monoisotopic (exact) mass is 419 g/mol. The van der Waals surface area contributed by atoms with E-state index in [0.717, 1.165) is 12.0 Å². The van der Waals surface area contributed by atoms with Gasteiger partial charge in [-0.05, 0) is 31.7 Å². The summed E-state index contributed by atoms with van der Waals surface area (Å²) >= 11 is 0. The third-order valence-corrected chi connectivity index (χ3v) is 5.67. The molecule has 0 N–H and O–H groups in total. The zero-order valence-electron chi connectivity index (χ0n) is 18.0. The van der Waals surface area contributed by atoms with Crippen molar-refractivity contribution in [3.63, 3.8) is 0 Å². The molecule has 31 heavy (non-hydrogen) atoms. The van der Waals surface area contributed by atoms with Crippen LogP contribution in [0.4, 0.5) is 10.5 Å². The van der Waals surface area contributed by atoms with Crippen LogP contribution in [-0.2, 0) is 16.8 Å². The van der Waals surface area contributed by atoms with E-state index in [1.165, 1.54) is 11.1 Å². The highest BCUT2D eigenvalue weighted by Crippen LogP contribution is 2.44. The Kier molecular flexibility index (Phi) is 6.90. The number of ether oxygens (including phenoxy) is 1. The zero-order valence-corrected chi connectivity index (χ0v) is 18.0. The number of allylic oxidation sites excluding steroid dienone is 2. The van der Waals surface area contributed by atoms with Crippen LogP contribution in [0.15, 0.2) is 79.3 Å². The van der Waals surface area contributed by atoms with Gasteiger partial charge in [0, 0.05) is 18.0 Å². The van der Waals surface area contributed by atoms with E-state index in [1.54, 1.807) is 10.6 Å². The molecular formula is C25H29N3O3. The molecule has 6 nitrogen and oxygen atoms in total. The van der Waals surface area contributed by atoms with Crippen molar-refractivity contribution >= 4 is 11.8 Å². The lowest BCUT2D eigenvalue weighted by atomic mass is 9.78. The Labute approximate surface area is 183 Å². The highest BCUT2D eigenvalue weighted by molar-refractivity contribution is 5.87. The number of hydrogen-bond donors (Lipinski definition) is 0. The maximum absolute atomic E-state index is 13.5. The predicted octanol–water partition coefficient (Wildman–Crippen LogP) is 4.93. The fourth-order valence-corrected chi connectivity index (χ4v) is 4.38. The molecule has 0 bridgehead atoms. The molecule has 0 saturated heterocycles. The maximum Gasteiger partial charge on any atom is 0.415 e. The Bertz CT molecular complexity index is 1020. The van der Waals surface area contributed by atoms with Gasteiger partial charge in [0.15, 0.2) is 0 Å². The van der Waals surface area contributed by atoms with E-state index in [1.807, 2.05) is 49.4 Å². The molecule has 1 aliphatic heterocycles. The number of benzene rings is 1. The van der Waals surface area contributed by atoms with E-state index < -0.39 is 6.09 Å². The number of amides is 1. The smallest absolute Gasteiger partial charge is 0.415 e. The molecule has 1 atom stereocenters. The molecule has 1 aromatic heterocycles. The normalized spacial score (nSPS) is 16.2. The number of rotatable bonds is 9. The number of carbonyl (C=O) groups excluding carboxylic acids is 1. The quantitative estimate of drug-likeness (QED) is 0.541. The van der Waals surface area contributed by atoms with Crippen molar-refractivity contribution < 1.29 is 9.53 Å². The van der Waals surface area contributed by atoms with Crippen LogP contribution in [0.1, 0.15) is 43.6 Å². The van der Waals surface area contributed by atoms with Gasteiger partial charge in [0.1, 0.15) is 18.1 Å². The average Bonchev–Trinajstić information content (AvgIpc) is 3.04. The second kappa shape index (κ2) is 9.60. The number of nitrogens with zero attached hydrogens (tertiary/aromatic N) is 3. The molecule has 3 rings (SSSR count). The molecule has 0 fully saturated rings. The molecule has 2 heterocycles. The number of hydrogen-bond acceptors (Lipinski definition) is 4. The van der Waals surface area contributed by atoms with Crippen molar-refractivity contribution in [3.8, 4) is 0 Å². The van der Waals surface area contributed by atoms with E-state index in [0.29, 0.717) is 18.7 Å². The molecule has 1 amide bonds. The summed E-state index contributed by atoms with van der Waals surface area (Å²) < 4.78 is 7.15. The van der Waals surface area contributed by atoms with Crippen molar-refractivity contribution in [1.82, 2.24) is 9.55 Å². The van der Waals surface area contributed by atoms with Crippen LogP contribution >= 0.6 is 0 Å². The van der Waals surface area contributed by atoms with Crippen LogP contribution in [-0.4, -0.2) is 22.2 Å². The predicted molar refractivity (Wildman–Crippen MR) is 123 cm³/mol. The summed E-state index contributed by atoms with van der Waals surface area (Å²) in [7, 11) is 0. The summed E-state index contributed by atoms with van der Waals surface area (Å²) in [4.78, 5) is 32.2. The van der Waals surface area contributed by atoms with Gasteiger partial charge >= 0.3 is 6.09 Å². The molecular weight excluding hydrogens is 390 g/mol. The van der Waals surface area contributed by atoms with Crippen molar-refractivity contribution in [1.29, 1.82) is 0 Å². The van der Waals surface area contributed by atoms with Gasteiger partial charge in [-0.1, -0.05) is 48.6 Å². The molecule has 1 unspecified atom stereocenters. The lowest BCUT2D eigenvalue weighted by Crippen LogP contribution is -2.39. The number of fused-ring (bicyclic) bond motifs is 1. The Balaban J connectivity index is 1.95. The first kappa shape index (κ1) is 22.3. The summed E-state index contributed by atoms with van der Waals surface area (Å²) in [5, 5.41) is 0. The molecule has 0 saturated carbocycles. The van der Waals surface area contributed by atoms with Crippen LogP contribution in [0.2, 0.25) is 0 Å². The van der Waals surface area contributed by atoms with Crippen molar-refractivity contribution in [3.05, 3.63) is 96.2 Å². The Morgan fingerprint density at radius 3 is 2.52 bits per heavy atom. The van der Waals surface area contributed by atoms with Gasteiger partial charge in [-0.15, -0.1) is 19.7 Å². The molecule has 0 aliphatic carbocycles. The highest BCUT2D eigenvalue weighted by atomic mass is 16.6. The topological polar surface area (TPSA) is 64.4 Å². The molecule has 6 heteroatoms. The molecule has 0 radical (unpaired) electrons. The first-order valence-electron chi connectivity index (χ1n) is 10.4. The fourth-order valence-electron chi connectivity index (χ4n) is 4.38. The minimum absolute atomic E-state index is 0.0548.